The molecular weight excluding hydrogens is 208 g/mol. The predicted octanol–water partition coefficient (Wildman–Crippen LogP) is 0.793. The zero-order chi connectivity index (χ0) is 11.5. The first-order valence-corrected chi connectivity index (χ1v) is 5.18. The maximum atomic E-state index is 10.6. The molecule has 0 bridgehead atoms. The summed E-state index contributed by atoms with van der Waals surface area (Å²) in [5.74, 6) is 0.555. The number of carboxylic acids is 1. The lowest BCUT2D eigenvalue weighted by atomic mass is 9.80. The molecule has 0 atom stereocenters. The highest BCUT2D eigenvalue weighted by Gasteiger charge is 2.34. The molecule has 1 aromatic rings. The number of nitrogens with zero attached hydrogens (tertiary/aromatic N) is 2. The van der Waals surface area contributed by atoms with Crippen molar-refractivity contribution >= 4 is 17.6 Å². The fourth-order valence-corrected chi connectivity index (χ4v) is 1.72. The average Bonchev–Trinajstić information content (AvgIpc) is 2.22. The largest absolute Gasteiger partial charge is 0.481 e. The second-order valence-electron chi connectivity index (χ2n) is 3.89. The van der Waals surface area contributed by atoms with Crippen molar-refractivity contribution < 1.29 is 9.90 Å². The molecule has 0 unspecified atom stereocenters. The van der Waals surface area contributed by atoms with Crippen LogP contribution in [0.2, 0.25) is 0 Å². The fourth-order valence-electron chi connectivity index (χ4n) is 1.72. The van der Waals surface area contributed by atoms with E-state index in [0.29, 0.717) is 12.8 Å². The Balaban J connectivity index is 1.89. The van der Waals surface area contributed by atoms with Gasteiger partial charge in [-0.25, -0.2) is 9.97 Å². The molecule has 0 amide bonds. The molecular formula is C10H14N4O2. The van der Waals surface area contributed by atoms with Crippen molar-refractivity contribution in [1.29, 1.82) is 0 Å². The predicted molar refractivity (Wildman–Crippen MR) is 59.3 cm³/mol. The third kappa shape index (κ3) is 2.21. The van der Waals surface area contributed by atoms with E-state index >= 15 is 0 Å². The SMILES string of the molecule is CNc1cc(NC2CC(C(=O)O)C2)ncn1. The smallest absolute Gasteiger partial charge is 0.306 e. The summed E-state index contributed by atoms with van der Waals surface area (Å²) in [5.41, 5.74) is 0. The van der Waals surface area contributed by atoms with Crippen LogP contribution in [0.5, 0.6) is 0 Å². The Labute approximate surface area is 93.1 Å². The molecule has 1 fully saturated rings. The van der Waals surface area contributed by atoms with E-state index in [1.807, 2.05) is 0 Å². The first-order valence-electron chi connectivity index (χ1n) is 5.18. The molecule has 1 aromatic heterocycles. The van der Waals surface area contributed by atoms with Crippen LogP contribution in [0.1, 0.15) is 12.8 Å². The van der Waals surface area contributed by atoms with Gasteiger partial charge in [0, 0.05) is 19.2 Å². The van der Waals surface area contributed by atoms with Gasteiger partial charge < -0.3 is 15.7 Å². The lowest BCUT2D eigenvalue weighted by Crippen LogP contribution is -2.39. The van der Waals surface area contributed by atoms with Crippen molar-refractivity contribution in [2.45, 2.75) is 18.9 Å². The second kappa shape index (κ2) is 4.34. The summed E-state index contributed by atoms with van der Waals surface area (Å²) in [6.07, 6.45) is 2.80. The second-order valence-corrected chi connectivity index (χ2v) is 3.89. The number of hydrogen-bond acceptors (Lipinski definition) is 5. The first-order chi connectivity index (χ1) is 7.69. The van der Waals surface area contributed by atoms with Crippen LogP contribution in [0.4, 0.5) is 11.6 Å². The van der Waals surface area contributed by atoms with Gasteiger partial charge in [0.15, 0.2) is 0 Å². The summed E-state index contributed by atoms with van der Waals surface area (Å²) in [5, 5.41) is 14.8. The van der Waals surface area contributed by atoms with Gasteiger partial charge in [0.25, 0.3) is 0 Å². The fraction of sp³-hybridized carbons (Fsp3) is 0.500. The number of carbonyl (C=O) groups is 1. The van der Waals surface area contributed by atoms with Crippen molar-refractivity contribution in [3.8, 4) is 0 Å². The van der Waals surface area contributed by atoms with Crippen LogP contribution in [0.25, 0.3) is 0 Å². The molecule has 3 N–H and O–H groups in total. The molecule has 6 nitrogen and oxygen atoms in total. The van der Waals surface area contributed by atoms with Gasteiger partial charge in [-0.2, -0.15) is 0 Å². The van der Waals surface area contributed by atoms with E-state index in [1.54, 1.807) is 13.1 Å². The van der Waals surface area contributed by atoms with Crippen molar-refractivity contribution in [1.82, 2.24) is 9.97 Å². The zero-order valence-corrected chi connectivity index (χ0v) is 8.97. The van der Waals surface area contributed by atoms with E-state index in [2.05, 4.69) is 20.6 Å². The monoisotopic (exact) mass is 222 g/mol. The standard InChI is InChI=1S/C10H14N4O2/c1-11-8-4-9(13-5-12-8)14-7-2-6(3-7)10(15)16/h4-7H,2-3H2,1H3,(H,15,16)(H2,11,12,13,14). The summed E-state index contributed by atoms with van der Waals surface area (Å²) < 4.78 is 0. The maximum Gasteiger partial charge on any atom is 0.306 e. The number of carboxylic acid groups (broad SMARTS) is 1. The molecule has 0 aliphatic heterocycles. The van der Waals surface area contributed by atoms with Gasteiger partial charge in [-0.3, -0.25) is 4.79 Å². The molecule has 86 valence electrons. The molecule has 0 saturated heterocycles. The molecule has 6 heteroatoms. The van der Waals surface area contributed by atoms with Gasteiger partial charge in [-0.05, 0) is 12.8 Å². The van der Waals surface area contributed by atoms with Crippen LogP contribution >= 0.6 is 0 Å². The van der Waals surface area contributed by atoms with Crippen molar-refractivity contribution in [2.75, 3.05) is 17.7 Å². The Morgan fingerprint density at radius 2 is 2.12 bits per heavy atom. The van der Waals surface area contributed by atoms with Crippen LogP contribution in [-0.4, -0.2) is 34.1 Å². The molecule has 0 spiro atoms. The van der Waals surface area contributed by atoms with Crippen LogP contribution in [0.3, 0.4) is 0 Å². The maximum absolute atomic E-state index is 10.6. The number of anilines is 2. The minimum atomic E-state index is -0.711. The highest BCUT2D eigenvalue weighted by molar-refractivity contribution is 5.71. The summed E-state index contributed by atoms with van der Waals surface area (Å²) in [6, 6.07) is 2.01. The third-order valence-electron chi connectivity index (χ3n) is 2.76. The molecule has 1 aliphatic carbocycles. The molecule has 0 radical (unpaired) electrons. The quantitative estimate of drug-likeness (QED) is 0.698. The average molecular weight is 222 g/mol. The molecule has 16 heavy (non-hydrogen) atoms. The highest BCUT2D eigenvalue weighted by Crippen LogP contribution is 2.29. The van der Waals surface area contributed by atoms with Crippen LogP contribution in [0.15, 0.2) is 12.4 Å². The van der Waals surface area contributed by atoms with Gasteiger partial charge in [0.1, 0.15) is 18.0 Å². The molecule has 1 aliphatic rings. The number of aromatic nitrogens is 2. The van der Waals surface area contributed by atoms with Crippen molar-refractivity contribution in [2.24, 2.45) is 5.92 Å². The zero-order valence-electron chi connectivity index (χ0n) is 8.97. The van der Waals surface area contributed by atoms with E-state index in [-0.39, 0.29) is 12.0 Å². The van der Waals surface area contributed by atoms with E-state index < -0.39 is 5.97 Å². The molecule has 0 aromatic carbocycles. The lowest BCUT2D eigenvalue weighted by molar-refractivity contribution is -0.144. The number of rotatable bonds is 4. The lowest BCUT2D eigenvalue weighted by Gasteiger charge is -2.33. The third-order valence-corrected chi connectivity index (χ3v) is 2.76. The number of aliphatic carboxylic acids is 1. The van der Waals surface area contributed by atoms with Gasteiger partial charge in [0.2, 0.25) is 0 Å². The summed E-state index contributed by atoms with van der Waals surface area (Å²) >= 11 is 0. The summed E-state index contributed by atoms with van der Waals surface area (Å²) in [4.78, 5) is 18.7. The van der Waals surface area contributed by atoms with Crippen molar-refractivity contribution in [3.63, 3.8) is 0 Å². The van der Waals surface area contributed by atoms with Crippen LogP contribution in [-0.2, 0) is 4.79 Å². The van der Waals surface area contributed by atoms with Crippen LogP contribution < -0.4 is 10.6 Å². The van der Waals surface area contributed by atoms with Gasteiger partial charge in [-0.1, -0.05) is 0 Å². The molecule has 2 rings (SSSR count). The minimum Gasteiger partial charge on any atom is -0.481 e. The summed E-state index contributed by atoms with van der Waals surface area (Å²) in [6.45, 7) is 0. The van der Waals surface area contributed by atoms with Gasteiger partial charge in [0.05, 0.1) is 5.92 Å². The molecule has 1 heterocycles. The molecule has 1 saturated carbocycles. The highest BCUT2D eigenvalue weighted by atomic mass is 16.4. The summed E-state index contributed by atoms with van der Waals surface area (Å²) in [7, 11) is 1.79. The van der Waals surface area contributed by atoms with Crippen LogP contribution in [0, 0.1) is 5.92 Å². The Hall–Kier alpha value is -1.85. The Kier molecular flexibility index (Phi) is 2.89. The number of hydrogen-bond donors (Lipinski definition) is 3. The Morgan fingerprint density at radius 3 is 2.75 bits per heavy atom. The first kappa shape index (κ1) is 10.7. The van der Waals surface area contributed by atoms with Crippen molar-refractivity contribution in [3.05, 3.63) is 12.4 Å². The van der Waals surface area contributed by atoms with Gasteiger partial charge >= 0.3 is 5.97 Å². The Morgan fingerprint density at radius 1 is 1.44 bits per heavy atom. The van der Waals surface area contributed by atoms with Gasteiger partial charge in [-0.15, -0.1) is 0 Å². The van der Waals surface area contributed by atoms with E-state index in [4.69, 9.17) is 5.11 Å². The Bertz CT molecular complexity index is 390. The van der Waals surface area contributed by atoms with E-state index in [0.717, 1.165) is 11.6 Å². The van der Waals surface area contributed by atoms with E-state index in [1.165, 1.54) is 6.33 Å². The number of nitrogens with one attached hydrogen (secondary N) is 2. The topological polar surface area (TPSA) is 87.1 Å². The normalized spacial score (nSPS) is 23.3. The minimum absolute atomic E-state index is 0.205. The van der Waals surface area contributed by atoms with E-state index in [9.17, 15) is 4.79 Å².